The molecule has 154 valence electrons. The fourth-order valence-corrected chi connectivity index (χ4v) is 3.50. The minimum Gasteiger partial charge on any atom is -0.352 e. The number of amides is 1. The molecular weight excluding hydrogens is 400 g/mol. The van der Waals surface area contributed by atoms with Gasteiger partial charge in [-0.3, -0.25) is 4.79 Å². The van der Waals surface area contributed by atoms with Crippen molar-refractivity contribution in [2.24, 2.45) is 0 Å². The molecule has 1 aliphatic rings. The number of hydrogen-bond acceptors (Lipinski definition) is 6. The predicted octanol–water partition coefficient (Wildman–Crippen LogP) is 3.47. The fraction of sp³-hybridized carbons (Fsp3) is 0.273. The molecule has 0 saturated carbocycles. The fourth-order valence-electron chi connectivity index (χ4n) is 3.37. The minimum absolute atomic E-state index is 0.133. The van der Waals surface area contributed by atoms with E-state index in [1.165, 1.54) is 0 Å². The van der Waals surface area contributed by atoms with E-state index >= 15 is 0 Å². The molecule has 0 radical (unpaired) electrons. The number of nitrogens with zero attached hydrogens (tertiary/aromatic N) is 5. The van der Waals surface area contributed by atoms with Crippen molar-refractivity contribution < 1.29 is 4.79 Å². The largest absolute Gasteiger partial charge is 0.352 e. The van der Waals surface area contributed by atoms with E-state index in [1.54, 1.807) is 6.20 Å². The van der Waals surface area contributed by atoms with Gasteiger partial charge in [0.25, 0.3) is 0 Å². The van der Waals surface area contributed by atoms with Crippen LogP contribution in [0.15, 0.2) is 54.7 Å². The van der Waals surface area contributed by atoms with E-state index < -0.39 is 0 Å². The highest BCUT2D eigenvalue weighted by Gasteiger charge is 2.22. The van der Waals surface area contributed by atoms with E-state index in [1.807, 2.05) is 60.4 Å². The van der Waals surface area contributed by atoms with Crippen molar-refractivity contribution in [1.82, 2.24) is 20.1 Å². The molecule has 1 aromatic carbocycles. The second kappa shape index (κ2) is 9.09. The first-order chi connectivity index (χ1) is 14.6. The maximum Gasteiger partial charge on any atom is 0.227 e. The van der Waals surface area contributed by atoms with E-state index in [-0.39, 0.29) is 5.91 Å². The van der Waals surface area contributed by atoms with Crippen LogP contribution in [-0.2, 0) is 11.2 Å². The molecule has 0 bridgehead atoms. The Morgan fingerprint density at radius 2 is 1.77 bits per heavy atom. The van der Waals surface area contributed by atoms with Crippen LogP contribution in [-0.4, -0.2) is 52.2 Å². The Morgan fingerprint density at radius 1 is 1.00 bits per heavy atom. The van der Waals surface area contributed by atoms with Gasteiger partial charge in [-0.1, -0.05) is 23.7 Å². The normalized spacial score (nSPS) is 13.9. The average molecular weight is 423 g/mol. The van der Waals surface area contributed by atoms with Gasteiger partial charge >= 0.3 is 0 Å². The summed E-state index contributed by atoms with van der Waals surface area (Å²) in [7, 11) is 0. The maximum atomic E-state index is 12.6. The van der Waals surface area contributed by atoms with E-state index in [4.69, 9.17) is 11.6 Å². The van der Waals surface area contributed by atoms with Gasteiger partial charge < -0.3 is 15.1 Å². The van der Waals surface area contributed by atoms with Gasteiger partial charge in [-0.2, -0.15) is 0 Å². The monoisotopic (exact) mass is 422 g/mol. The molecule has 2 aromatic heterocycles. The molecule has 1 aliphatic heterocycles. The van der Waals surface area contributed by atoms with Crippen LogP contribution in [0.1, 0.15) is 11.1 Å². The van der Waals surface area contributed by atoms with Crippen molar-refractivity contribution in [1.29, 1.82) is 0 Å². The van der Waals surface area contributed by atoms with Gasteiger partial charge in [0, 0.05) is 37.4 Å². The molecule has 0 aliphatic carbocycles. The Bertz CT molecular complexity index is 1000. The standard InChI is InChI=1S/C22H23ClN6O/c1-16-8-9-24-20(14-16)25-19-6-7-21(27-26-19)28-10-12-29(13-11-28)22(30)15-17-2-4-18(23)5-3-17/h2-9,14H,10-13,15H2,1H3,(H,24,25,26). The zero-order chi connectivity index (χ0) is 20.9. The SMILES string of the molecule is Cc1ccnc(Nc2ccc(N3CCN(C(=O)Cc4ccc(Cl)cc4)CC3)nn2)c1. The summed E-state index contributed by atoms with van der Waals surface area (Å²) in [5, 5.41) is 12.4. The molecule has 8 heteroatoms. The number of aromatic nitrogens is 3. The number of benzene rings is 1. The van der Waals surface area contributed by atoms with Crippen LogP contribution >= 0.6 is 11.6 Å². The third-order valence-electron chi connectivity index (χ3n) is 5.05. The molecule has 4 rings (SSSR count). The highest BCUT2D eigenvalue weighted by atomic mass is 35.5. The Balaban J connectivity index is 1.30. The number of hydrogen-bond donors (Lipinski definition) is 1. The van der Waals surface area contributed by atoms with Crippen molar-refractivity contribution in [2.75, 3.05) is 36.4 Å². The summed E-state index contributed by atoms with van der Waals surface area (Å²) in [5.41, 5.74) is 2.10. The molecule has 3 heterocycles. The van der Waals surface area contributed by atoms with Gasteiger partial charge in [-0.15, -0.1) is 10.2 Å². The number of nitrogens with one attached hydrogen (secondary N) is 1. The molecule has 0 spiro atoms. The summed E-state index contributed by atoms with van der Waals surface area (Å²) in [4.78, 5) is 20.9. The van der Waals surface area contributed by atoms with Crippen LogP contribution in [0.2, 0.25) is 5.02 Å². The van der Waals surface area contributed by atoms with Gasteiger partial charge in [-0.25, -0.2) is 4.98 Å². The zero-order valence-corrected chi connectivity index (χ0v) is 17.5. The molecule has 0 atom stereocenters. The second-order valence-corrected chi connectivity index (χ2v) is 7.73. The highest BCUT2D eigenvalue weighted by molar-refractivity contribution is 6.30. The topological polar surface area (TPSA) is 74.2 Å². The van der Waals surface area contributed by atoms with Crippen molar-refractivity contribution in [2.45, 2.75) is 13.3 Å². The van der Waals surface area contributed by atoms with E-state index in [9.17, 15) is 4.79 Å². The quantitative estimate of drug-likeness (QED) is 0.678. The van der Waals surface area contributed by atoms with Crippen LogP contribution in [0.3, 0.4) is 0 Å². The Morgan fingerprint density at radius 3 is 2.43 bits per heavy atom. The lowest BCUT2D eigenvalue weighted by Gasteiger charge is -2.35. The summed E-state index contributed by atoms with van der Waals surface area (Å²) in [6, 6.07) is 15.2. The number of carbonyl (C=O) groups excluding carboxylic acids is 1. The van der Waals surface area contributed by atoms with E-state index in [0.29, 0.717) is 30.4 Å². The van der Waals surface area contributed by atoms with Gasteiger partial charge in [0.15, 0.2) is 11.6 Å². The lowest BCUT2D eigenvalue weighted by molar-refractivity contribution is -0.130. The van der Waals surface area contributed by atoms with Crippen molar-refractivity contribution >= 4 is 35.0 Å². The van der Waals surface area contributed by atoms with Crippen LogP contribution in [0.25, 0.3) is 0 Å². The number of halogens is 1. The maximum absolute atomic E-state index is 12.6. The van der Waals surface area contributed by atoms with E-state index in [2.05, 4.69) is 25.4 Å². The summed E-state index contributed by atoms with van der Waals surface area (Å²) >= 11 is 5.91. The highest BCUT2D eigenvalue weighted by Crippen LogP contribution is 2.18. The molecule has 1 amide bonds. The third kappa shape index (κ3) is 5.04. The molecular formula is C22H23ClN6O. The number of piperazine rings is 1. The Labute approximate surface area is 180 Å². The van der Waals surface area contributed by atoms with Crippen LogP contribution in [0.5, 0.6) is 0 Å². The number of aryl methyl sites for hydroxylation is 1. The number of carbonyl (C=O) groups is 1. The lowest BCUT2D eigenvalue weighted by atomic mass is 10.1. The Kier molecular flexibility index (Phi) is 6.09. The minimum atomic E-state index is 0.133. The Hall–Kier alpha value is -3.19. The smallest absolute Gasteiger partial charge is 0.227 e. The average Bonchev–Trinajstić information content (AvgIpc) is 2.76. The van der Waals surface area contributed by atoms with Crippen LogP contribution < -0.4 is 10.2 Å². The summed E-state index contributed by atoms with van der Waals surface area (Å²) in [6.07, 6.45) is 2.15. The molecule has 7 nitrogen and oxygen atoms in total. The van der Waals surface area contributed by atoms with Crippen molar-refractivity contribution in [3.05, 3.63) is 70.9 Å². The summed E-state index contributed by atoms with van der Waals surface area (Å²) in [5.74, 6) is 2.33. The molecule has 30 heavy (non-hydrogen) atoms. The molecule has 1 saturated heterocycles. The van der Waals surface area contributed by atoms with Crippen LogP contribution in [0, 0.1) is 6.92 Å². The molecule has 0 unspecified atom stereocenters. The lowest BCUT2D eigenvalue weighted by Crippen LogP contribution is -2.49. The van der Waals surface area contributed by atoms with E-state index in [0.717, 1.165) is 35.9 Å². The van der Waals surface area contributed by atoms with Gasteiger partial charge in [0.2, 0.25) is 5.91 Å². The number of pyridine rings is 1. The number of anilines is 3. The van der Waals surface area contributed by atoms with Crippen molar-refractivity contribution in [3.63, 3.8) is 0 Å². The van der Waals surface area contributed by atoms with Gasteiger partial charge in [-0.05, 0) is 54.4 Å². The third-order valence-corrected chi connectivity index (χ3v) is 5.30. The molecule has 1 fully saturated rings. The first-order valence-electron chi connectivity index (χ1n) is 9.87. The number of rotatable bonds is 5. The zero-order valence-electron chi connectivity index (χ0n) is 16.8. The predicted molar refractivity (Wildman–Crippen MR) is 118 cm³/mol. The first-order valence-corrected chi connectivity index (χ1v) is 10.3. The molecule has 1 N–H and O–H groups in total. The van der Waals surface area contributed by atoms with Gasteiger partial charge in [0.05, 0.1) is 6.42 Å². The molecule has 3 aromatic rings. The summed E-state index contributed by atoms with van der Waals surface area (Å²) < 4.78 is 0. The van der Waals surface area contributed by atoms with Crippen molar-refractivity contribution in [3.8, 4) is 0 Å². The van der Waals surface area contributed by atoms with Gasteiger partial charge in [0.1, 0.15) is 5.82 Å². The first kappa shape index (κ1) is 20.1. The van der Waals surface area contributed by atoms with Crippen LogP contribution in [0.4, 0.5) is 17.5 Å². The summed E-state index contributed by atoms with van der Waals surface area (Å²) in [6.45, 7) is 4.81. The second-order valence-electron chi connectivity index (χ2n) is 7.29.